The molecule has 0 aliphatic carbocycles. The molecule has 0 saturated carbocycles. The van der Waals surface area contributed by atoms with Gasteiger partial charge in [0.2, 0.25) is 0 Å². The van der Waals surface area contributed by atoms with Crippen molar-refractivity contribution in [2.75, 3.05) is 20.2 Å². The van der Waals surface area contributed by atoms with E-state index in [-0.39, 0.29) is 23.4 Å². The van der Waals surface area contributed by atoms with Crippen LogP contribution >= 0.6 is 0 Å². The van der Waals surface area contributed by atoms with Gasteiger partial charge in [0.15, 0.2) is 0 Å². The summed E-state index contributed by atoms with van der Waals surface area (Å²) in [5, 5.41) is 0. The molecular weight excluding hydrogens is 251 g/mol. The molecule has 1 amide bonds. The lowest BCUT2D eigenvalue weighted by molar-refractivity contribution is -0.146. The normalized spacial score (nSPS) is 19.1. The molecule has 0 bridgehead atoms. The number of carbonyl (C=O) groups is 2. The SMILES string of the molecule is COC(=O)[C@H]1CCCN(C(=O)c2cncc(F)c2)C1. The summed E-state index contributed by atoms with van der Waals surface area (Å²) in [6, 6.07) is 1.15. The molecule has 1 aromatic rings. The van der Waals surface area contributed by atoms with E-state index in [1.807, 2.05) is 0 Å². The van der Waals surface area contributed by atoms with Crippen molar-refractivity contribution >= 4 is 11.9 Å². The zero-order chi connectivity index (χ0) is 13.8. The fourth-order valence-corrected chi connectivity index (χ4v) is 2.23. The average molecular weight is 266 g/mol. The summed E-state index contributed by atoms with van der Waals surface area (Å²) in [6.45, 7) is 0.866. The van der Waals surface area contributed by atoms with Crippen LogP contribution in [0.5, 0.6) is 0 Å². The Morgan fingerprint density at radius 3 is 2.95 bits per heavy atom. The van der Waals surface area contributed by atoms with Crippen molar-refractivity contribution < 1.29 is 18.7 Å². The number of nitrogens with zero attached hydrogens (tertiary/aromatic N) is 2. The van der Waals surface area contributed by atoms with E-state index in [0.29, 0.717) is 19.5 Å². The highest BCUT2D eigenvalue weighted by atomic mass is 19.1. The summed E-state index contributed by atoms with van der Waals surface area (Å²) >= 11 is 0. The molecule has 0 unspecified atom stereocenters. The van der Waals surface area contributed by atoms with Crippen LogP contribution < -0.4 is 0 Å². The Balaban J connectivity index is 2.09. The quantitative estimate of drug-likeness (QED) is 0.756. The molecule has 2 heterocycles. The number of rotatable bonds is 2. The van der Waals surface area contributed by atoms with Crippen LogP contribution in [-0.2, 0) is 9.53 Å². The summed E-state index contributed by atoms with van der Waals surface area (Å²) in [6.07, 6.45) is 3.81. The predicted molar refractivity (Wildman–Crippen MR) is 64.8 cm³/mol. The van der Waals surface area contributed by atoms with E-state index in [4.69, 9.17) is 4.74 Å². The van der Waals surface area contributed by atoms with Crippen molar-refractivity contribution in [3.63, 3.8) is 0 Å². The molecule has 5 nitrogen and oxygen atoms in total. The number of ether oxygens (including phenoxy) is 1. The zero-order valence-corrected chi connectivity index (χ0v) is 10.6. The Morgan fingerprint density at radius 2 is 2.26 bits per heavy atom. The maximum Gasteiger partial charge on any atom is 0.310 e. The maximum atomic E-state index is 13.0. The first-order valence-corrected chi connectivity index (χ1v) is 6.09. The lowest BCUT2D eigenvalue weighted by atomic mass is 9.97. The maximum absolute atomic E-state index is 13.0. The molecule has 2 rings (SSSR count). The Labute approximate surface area is 110 Å². The fourth-order valence-electron chi connectivity index (χ4n) is 2.23. The van der Waals surface area contributed by atoms with Crippen LogP contribution in [0.1, 0.15) is 23.2 Å². The van der Waals surface area contributed by atoms with Crippen LogP contribution in [0.15, 0.2) is 18.5 Å². The lowest BCUT2D eigenvalue weighted by Crippen LogP contribution is -2.42. The Bertz CT molecular complexity index is 493. The van der Waals surface area contributed by atoms with Crippen LogP contribution in [0.25, 0.3) is 0 Å². The van der Waals surface area contributed by atoms with Gasteiger partial charge in [-0.3, -0.25) is 14.6 Å². The van der Waals surface area contributed by atoms with E-state index in [9.17, 15) is 14.0 Å². The third kappa shape index (κ3) is 3.07. The summed E-state index contributed by atoms with van der Waals surface area (Å²) in [5.74, 6) is -1.47. The van der Waals surface area contributed by atoms with Gasteiger partial charge in [0.05, 0.1) is 24.8 Å². The standard InChI is InChI=1S/C13H15FN2O3/c1-19-13(18)9-3-2-4-16(8-9)12(17)10-5-11(14)7-15-6-10/h5-7,9H,2-4,8H2,1H3/t9-/m0/s1. The van der Waals surface area contributed by atoms with Crippen molar-refractivity contribution in [3.8, 4) is 0 Å². The second kappa shape index (κ2) is 5.77. The van der Waals surface area contributed by atoms with E-state index >= 15 is 0 Å². The van der Waals surface area contributed by atoms with E-state index in [0.717, 1.165) is 18.7 Å². The van der Waals surface area contributed by atoms with Crippen LogP contribution in [0.3, 0.4) is 0 Å². The summed E-state index contributed by atoms with van der Waals surface area (Å²) in [5.41, 5.74) is 0.200. The van der Waals surface area contributed by atoms with Crippen molar-refractivity contribution in [2.45, 2.75) is 12.8 Å². The number of likely N-dealkylation sites (tertiary alicyclic amines) is 1. The molecule has 1 fully saturated rings. The second-order valence-electron chi connectivity index (χ2n) is 4.51. The van der Waals surface area contributed by atoms with Gasteiger partial charge in [-0.25, -0.2) is 4.39 Å². The van der Waals surface area contributed by atoms with Crippen LogP contribution in [0, 0.1) is 11.7 Å². The van der Waals surface area contributed by atoms with Crippen LogP contribution in [0.2, 0.25) is 0 Å². The molecule has 1 atom stereocenters. The molecule has 19 heavy (non-hydrogen) atoms. The number of pyridine rings is 1. The molecule has 0 aromatic carbocycles. The van der Waals surface area contributed by atoms with Gasteiger partial charge >= 0.3 is 5.97 Å². The highest BCUT2D eigenvalue weighted by Crippen LogP contribution is 2.19. The monoisotopic (exact) mass is 266 g/mol. The highest BCUT2D eigenvalue weighted by Gasteiger charge is 2.29. The lowest BCUT2D eigenvalue weighted by Gasteiger charge is -2.31. The molecule has 0 spiro atoms. The van der Waals surface area contributed by atoms with E-state index in [2.05, 4.69) is 4.98 Å². The van der Waals surface area contributed by atoms with Gasteiger partial charge in [-0.1, -0.05) is 0 Å². The summed E-state index contributed by atoms with van der Waals surface area (Å²) in [7, 11) is 1.33. The molecule has 0 radical (unpaired) electrons. The molecular formula is C13H15FN2O3. The summed E-state index contributed by atoms with van der Waals surface area (Å²) in [4.78, 5) is 28.9. The number of esters is 1. The first kappa shape index (κ1) is 13.5. The molecule has 1 aromatic heterocycles. The highest BCUT2D eigenvalue weighted by molar-refractivity contribution is 5.94. The molecule has 6 heteroatoms. The van der Waals surface area contributed by atoms with Crippen molar-refractivity contribution in [2.24, 2.45) is 5.92 Å². The van der Waals surface area contributed by atoms with Gasteiger partial charge in [0.1, 0.15) is 5.82 Å². The third-order valence-electron chi connectivity index (χ3n) is 3.19. The smallest absolute Gasteiger partial charge is 0.310 e. The van der Waals surface area contributed by atoms with Gasteiger partial charge in [-0.2, -0.15) is 0 Å². The third-order valence-corrected chi connectivity index (χ3v) is 3.19. The number of amides is 1. The van der Waals surface area contributed by atoms with Gasteiger partial charge in [0.25, 0.3) is 5.91 Å². The first-order valence-electron chi connectivity index (χ1n) is 6.09. The minimum Gasteiger partial charge on any atom is -0.469 e. The van der Waals surface area contributed by atoms with Crippen LogP contribution in [-0.4, -0.2) is 42.0 Å². The number of piperidine rings is 1. The predicted octanol–water partition coefficient (Wildman–Crippen LogP) is 1.25. The minimum absolute atomic E-state index is 0.200. The number of aromatic nitrogens is 1. The minimum atomic E-state index is -0.549. The Morgan fingerprint density at radius 1 is 1.47 bits per heavy atom. The fraction of sp³-hybridized carbons (Fsp3) is 0.462. The van der Waals surface area contributed by atoms with E-state index in [1.54, 1.807) is 4.90 Å². The average Bonchev–Trinajstić information content (AvgIpc) is 2.45. The number of methoxy groups -OCH3 is 1. The Hall–Kier alpha value is -1.98. The first-order chi connectivity index (χ1) is 9.11. The van der Waals surface area contributed by atoms with Crippen molar-refractivity contribution in [1.29, 1.82) is 0 Å². The van der Waals surface area contributed by atoms with Gasteiger partial charge in [-0.15, -0.1) is 0 Å². The van der Waals surface area contributed by atoms with E-state index < -0.39 is 5.82 Å². The molecule has 0 N–H and O–H groups in total. The van der Waals surface area contributed by atoms with Crippen molar-refractivity contribution in [3.05, 3.63) is 29.8 Å². The summed E-state index contributed by atoms with van der Waals surface area (Å²) < 4.78 is 17.7. The van der Waals surface area contributed by atoms with Crippen LogP contribution in [0.4, 0.5) is 4.39 Å². The number of hydrogen-bond donors (Lipinski definition) is 0. The second-order valence-corrected chi connectivity index (χ2v) is 4.51. The molecule has 102 valence electrons. The zero-order valence-electron chi connectivity index (χ0n) is 10.6. The molecule has 1 aliphatic rings. The van der Waals surface area contributed by atoms with Gasteiger partial charge in [0, 0.05) is 19.3 Å². The van der Waals surface area contributed by atoms with Gasteiger partial charge < -0.3 is 9.64 Å². The number of halogens is 1. The van der Waals surface area contributed by atoms with Gasteiger partial charge in [-0.05, 0) is 18.9 Å². The largest absolute Gasteiger partial charge is 0.469 e. The molecule has 1 saturated heterocycles. The van der Waals surface area contributed by atoms with Crippen molar-refractivity contribution in [1.82, 2.24) is 9.88 Å². The number of carbonyl (C=O) groups excluding carboxylic acids is 2. The topological polar surface area (TPSA) is 59.5 Å². The number of hydrogen-bond acceptors (Lipinski definition) is 4. The molecule has 1 aliphatic heterocycles. The Kier molecular flexibility index (Phi) is 4.09. The van der Waals surface area contributed by atoms with E-state index in [1.165, 1.54) is 13.3 Å².